The number of benzene rings is 3. The first kappa shape index (κ1) is 19.8. The van der Waals surface area contributed by atoms with E-state index in [4.69, 9.17) is 27.9 Å². The highest BCUT2D eigenvalue weighted by Gasteiger charge is 2.06. The zero-order valence-corrected chi connectivity index (χ0v) is 18.1. The summed E-state index contributed by atoms with van der Waals surface area (Å²) in [5, 5.41) is 5.41. The molecule has 3 aromatic carbocycles. The van der Waals surface area contributed by atoms with Gasteiger partial charge < -0.3 is 9.72 Å². The van der Waals surface area contributed by atoms with Crippen LogP contribution in [0.4, 0.5) is 5.95 Å². The quantitative estimate of drug-likeness (QED) is 0.235. The van der Waals surface area contributed by atoms with Gasteiger partial charge in [-0.05, 0) is 64.0 Å². The second-order valence-corrected chi connectivity index (χ2v) is 7.88. The predicted molar refractivity (Wildman–Crippen MR) is 122 cm³/mol. The largest absolute Gasteiger partial charge is 0.488 e. The van der Waals surface area contributed by atoms with Crippen LogP contribution in [-0.4, -0.2) is 16.2 Å². The Labute approximate surface area is 185 Å². The van der Waals surface area contributed by atoms with Crippen LogP contribution in [-0.2, 0) is 6.61 Å². The molecule has 8 heteroatoms. The second kappa shape index (κ2) is 8.86. The van der Waals surface area contributed by atoms with E-state index >= 15 is 0 Å². The van der Waals surface area contributed by atoms with Gasteiger partial charge in [-0.15, -0.1) is 0 Å². The third-order valence-corrected chi connectivity index (χ3v) is 5.33. The van der Waals surface area contributed by atoms with Crippen molar-refractivity contribution in [2.45, 2.75) is 6.61 Å². The first-order valence-electron chi connectivity index (χ1n) is 8.68. The third kappa shape index (κ3) is 4.90. The highest BCUT2D eigenvalue weighted by atomic mass is 79.9. The lowest BCUT2D eigenvalue weighted by Crippen LogP contribution is -1.98. The summed E-state index contributed by atoms with van der Waals surface area (Å²) in [6.07, 6.45) is 1.71. The summed E-state index contributed by atoms with van der Waals surface area (Å²) in [6.45, 7) is 0.343. The zero-order chi connectivity index (χ0) is 20.2. The summed E-state index contributed by atoms with van der Waals surface area (Å²) >= 11 is 15.6. The lowest BCUT2D eigenvalue weighted by Gasteiger charge is -2.10. The average Bonchev–Trinajstić information content (AvgIpc) is 3.11. The van der Waals surface area contributed by atoms with E-state index in [1.807, 2.05) is 48.5 Å². The van der Waals surface area contributed by atoms with Crippen LogP contribution in [0.5, 0.6) is 5.75 Å². The number of imidazole rings is 1. The summed E-state index contributed by atoms with van der Waals surface area (Å²) in [6, 6.07) is 18.8. The highest BCUT2D eigenvalue weighted by Crippen LogP contribution is 2.28. The van der Waals surface area contributed by atoms with Crippen molar-refractivity contribution in [3.05, 3.63) is 86.3 Å². The van der Waals surface area contributed by atoms with Crippen LogP contribution >= 0.6 is 39.1 Å². The molecule has 0 bridgehead atoms. The Morgan fingerprint density at radius 1 is 1.10 bits per heavy atom. The van der Waals surface area contributed by atoms with E-state index in [-0.39, 0.29) is 0 Å². The molecule has 5 nitrogen and oxygen atoms in total. The van der Waals surface area contributed by atoms with Crippen LogP contribution in [0.25, 0.3) is 11.0 Å². The minimum absolute atomic E-state index is 0.343. The van der Waals surface area contributed by atoms with Gasteiger partial charge in [-0.2, -0.15) is 5.10 Å². The maximum atomic E-state index is 6.19. The topological polar surface area (TPSA) is 62.3 Å². The molecule has 1 heterocycles. The molecule has 0 radical (unpaired) electrons. The van der Waals surface area contributed by atoms with E-state index in [2.05, 4.69) is 36.4 Å². The second-order valence-electron chi connectivity index (χ2n) is 6.19. The van der Waals surface area contributed by atoms with E-state index in [0.29, 0.717) is 28.3 Å². The lowest BCUT2D eigenvalue weighted by atomic mass is 10.2. The number of anilines is 1. The van der Waals surface area contributed by atoms with Crippen molar-refractivity contribution >= 4 is 62.3 Å². The highest BCUT2D eigenvalue weighted by molar-refractivity contribution is 9.10. The minimum Gasteiger partial charge on any atom is -0.488 e. The minimum atomic E-state index is 0.343. The summed E-state index contributed by atoms with van der Waals surface area (Å²) in [5.74, 6) is 1.29. The van der Waals surface area contributed by atoms with Crippen molar-refractivity contribution in [1.82, 2.24) is 9.97 Å². The monoisotopic (exact) mass is 488 g/mol. The Morgan fingerprint density at radius 3 is 2.76 bits per heavy atom. The Balaban J connectivity index is 1.39. The summed E-state index contributed by atoms with van der Waals surface area (Å²) in [5.41, 5.74) is 6.51. The average molecular weight is 490 g/mol. The molecule has 4 rings (SSSR count). The number of nitrogens with one attached hydrogen (secondary N) is 2. The van der Waals surface area contributed by atoms with Gasteiger partial charge in [-0.3, -0.25) is 0 Å². The smallest absolute Gasteiger partial charge is 0.222 e. The van der Waals surface area contributed by atoms with Crippen LogP contribution in [0.3, 0.4) is 0 Å². The van der Waals surface area contributed by atoms with Gasteiger partial charge in [0.2, 0.25) is 5.95 Å². The van der Waals surface area contributed by atoms with Gasteiger partial charge in [-0.1, -0.05) is 41.4 Å². The Bertz CT molecular complexity index is 1160. The molecule has 0 aliphatic carbocycles. The molecule has 0 saturated heterocycles. The van der Waals surface area contributed by atoms with Crippen molar-refractivity contribution < 1.29 is 4.74 Å². The molecule has 0 atom stereocenters. The van der Waals surface area contributed by atoms with E-state index in [9.17, 15) is 0 Å². The molecular formula is C21H15BrCl2N4O. The van der Waals surface area contributed by atoms with Gasteiger partial charge >= 0.3 is 0 Å². The lowest BCUT2D eigenvalue weighted by molar-refractivity contribution is 0.304. The van der Waals surface area contributed by atoms with Gasteiger partial charge in [-0.25, -0.2) is 10.4 Å². The molecule has 0 aliphatic rings. The van der Waals surface area contributed by atoms with Crippen molar-refractivity contribution in [2.24, 2.45) is 5.10 Å². The van der Waals surface area contributed by atoms with E-state index in [1.54, 1.807) is 18.3 Å². The van der Waals surface area contributed by atoms with E-state index in [1.165, 1.54) is 0 Å². The molecule has 0 aliphatic heterocycles. The number of aromatic nitrogens is 2. The van der Waals surface area contributed by atoms with Gasteiger partial charge in [0.1, 0.15) is 12.4 Å². The number of fused-ring (bicyclic) bond motifs is 1. The van der Waals surface area contributed by atoms with E-state index in [0.717, 1.165) is 26.6 Å². The predicted octanol–water partition coefficient (Wildman–Crippen LogP) is 6.66. The number of halogens is 3. The Kier molecular flexibility index (Phi) is 6.04. The van der Waals surface area contributed by atoms with Crippen LogP contribution in [0, 0.1) is 0 Å². The van der Waals surface area contributed by atoms with Crippen molar-refractivity contribution in [2.75, 3.05) is 5.43 Å². The number of rotatable bonds is 6. The fourth-order valence-electron chi connectivity index (χ4n) is 2.68. The third-order valence-electron chi connectivity index (χ3n) is 4.13. The normalized spacial score (nSPS) is 11.3. The molecular weight excluding hydrogens is 475 g/mol. The maximum Gasteiger partial charge on any atom is 0.222 e. The fourth-order valence-corrected chi connectivity index (χ4v) is 3.66. The zero-order valence-electron chi connectivity index (χ0n) is 15.0. The van der Waals surface area contributed by atoms with Crippen LogP contribution in [0.2, 0.25) is 10.0 Å². The molecule has 1 aromatic heterocycles. The first-order valence-corrected chi connectivity index (χ1v) is 10.2. The van der Waals surface area contributed by atoms with Crippen LogP contribution < -0.4 is 10.2 Å². The van der Waals surface area contributed by atoms with Gasteiger partial charge in [0.05, 0.1) is 21.7 Å². The number of para-hydroxylation sites is 2. The number of ether oxygens (including phenoxy) is 1. The molecule has 0 spiro atoms. The van der Waals surface area contributed by atoms with Crippen LogP contribution in [0.15, 0.2) is 70.2 Å². The molecule has 2 N–H and O–H groups in total. The van der Waals surface area contributed by atoms with Crippen LogP contribution in [0.1, 0.15) is 11.1 Å². The molecule has 146 valence electrons. The number of hydrazone groups is 1. The summed E-state index contributed by atoms with van der Waals surface area (Å²) in [4.78, 5) is 7.57. The first-order chi connectivity index (χ1) is 14.1. The number of hydrogen-bond donors (Lipinski definition) is 2. The van der Waals surface area contributed by atoms with Gasteiger partial charge in [0, 0.05) is 15.6 Å². The number of hydrogen-bond acceptors (Lipinski definition) is 4. The van der Waals surface area contributed by atoms with Crippen molar-refractivity contribution in [3.8, 4) is 5.75 Å². The number of nitrogens with zero attached hydrogens (tertiary/aromatic N) is 2. The Morgan fingerprint density at radius 2 is 1.97 bits per heavy atom. The molecule has 0 amide bonds. The molecule has 0 fully saturated rings. The SMILES string of the molecule is Clc1ccc(COc2ccc(/C=N\Nc3nc4ccccc4[nH]3)cc2Br)c(Cl)c1. The molecule has 0 unspecified atom stereocenters. The number of aromatic amines is 1. The number of H-pyrrole nitrogens is 1. The van der Waals surface area contributed by atoms with Gasteiger partial charge in [0.15, 0.2) is 0 Å². The standard InChI is InChI=1S/C21H15BrCl2N4O/c22-16-9-13(11-25-28-21-26-18-3-1-2-4-19(18)27-21)5-8-20(16)29-12-14-6-7-15(23)10-17(14)24/h1-11H,12H2,(H2,26,27,28)/b25-11-. The van der Waals surface area contributed by atoms with Gasteiger partial charge in [0.25, 0.3) is 0 Å². The molecule has 4 aromatic rings. The molecule has 29 heavy (non-hydrogen) atoms. The van der Waals surface area contributed by atoms with Crippen molar-refractivity contribution in [1.29, 1.82) is 0 Å². The van der Waals surface area contributed by atoms with E-state index < -0.39 is 0 Å². The maximum absolute atomic E-state index is 6.19. The fraction of sp³-hybridized carbons (Fsp3) is 0.0476. The Hall–Kier alpha value is -2.54. The summed E-state index contributed by atoms with van der Waals surface area (Å²) in [7, 11) is 0. The molecule has 0 saturated carbocycles. The summed E-state index contributed by atoms with van der Waals surface area (Å²) < 4.78 is 6.67. The van der Waals surface area contributed by atoms with Crippen molar-refractivity contribution in [3.63, 3.8) is 0 Å².